The molecule has 1 aliphatic rings. The minimum atomic E-state index is -0.307. The first-order valence-electron chi connectivity index (χ1n) is 8.54. The van der Waals surface area contributed by atoms with E-state index in [1.165, 1.54) is 6.33 Å². The van der Waals surface area contributed by atoms with Crippen LogP contribution in [0.5, 0.6) is 0 Å². The predicted molar refractivity (Wildman–Crippen MR) is 89.1 cm³/mol. The first-order valence-corrected chi connectivity index (χ1v) is 8.54. The molecule has 1 atom stereocenters. The van der Waals surface area contributed by atoms with E-state index in [-0.39, 0.29) is 11.9 Å². The van der Waals surface area contributed by atoms with E-state index in [0.29, 0.717) is 0 Å². The Kier molecular flexibility index (Phi) is 5.24. The van der Waals surface area contributed by atoms with Crippen molar-refractivity contribution in [3.63, 3.8) is 0 Å². The molecule has 0 saturated carbocycles. The zero-order chi connectivity index (χ0) is 16.9. The van der Waals surface area contributed by atoms with Crippen molar-refractivity contribution in [2.24, 2.45) is 0 Å². The minimum absolute atomic E-state index is 0.109. The van der Waals surface area contributed by atoms with Gasteiger partial charge in [0.25, 0.3) is 0 Å². The third kappa shape index (κ3) is 3.64. The Hall–Kier alpha value is -2.22. The fourth-order valence-corrected chi connectivity index (χ4v) is 3.12. The number of amides is 1. The zero-order valence-corrected chi connectivity index (χ0v) is 14.4. The Morgan fingerprint density at radius 3 is 2.92 bits per heavy atom. The second kappa shape index (κ2) is 7.57. The summed E-state index contributed by atoms with van der Waals surface area (Å²) in [6.07, 6.45) is 7.90. The molecule has 0 N–H and O–H groups in total. The second-order valence-electron chi connectivity index (χ2n) is 6.14. The SMILES string of the molecule is CCn1ccnc1CN1CCCN(C(=O)[C@@H](C)n2cncn2)CC1. The van der Waals surface area contributed by atoms with Gasteiger partial charge in [0, 0.05) is 45.1 Å². The van der Waals surface area contributed by atoms with E-state index in [1.54, 1.807) is 11.0 Å². The summed E-state index contributed by atoms with van der Waals surface area (Å²) in [6, 6.07) is -0.307. The smallest absolute Gasteiger partial charge is 0.247 e. The van der Waals surface area contributed by atoms with Gasteiger partial charge in [0.2, 0.25) is 5.91 Å². The molecule has 0 bridgehead atoms. The fraction of sp³-hybridized carbons (Fsp3) is 0.625. The quantitative estimate of drug-likeness (QED) is 0.810. The maximum absolute atomic E-state index is 12.7. The Bertz CT molecular complexity index is 651. The monoisotopic (exact) mass is 331 g/mol. The van der Waals surface area contributed by atoms with Crippen molar-refractivity contribution in [2.75, 3.05) is 26.2 Å². The lowest BCUT2D eigenvalue weighted by molar-refractivity contribution is -0.134. The highest BCUT2D eigenvalue weighted by Crippen LogP contribution is 2.13. The normalized spacial score (nSPS) is 17.7. The van der Waals surface area contributed by atoms with E-state index in [4.69, 9.17) is 0 Å². The van der Waals surface area contributed by atoms with Crippen LogP contribution in [-0.2, 0) is 17.9 Å². The van der Waals surface area contributed by atoms with Gasteiger partial charge in [-0.2, -0.15) is 5.10 Å². The van der Waals surface area contributed by atoms with Crippen molar-refractivity contribution in [1.82, 2.24) is 34.1 Å². The zero-order valence-electron chi connectivity index (χ0n) is 14.4. The maximum atomic E-state index is 12.7. The second-order valence-corrected chi connectivity index (χ2v) is 6.14. The average Bonchev–Trinajstić information content (AvgIpc) is 3.22. The number of hydrogen-bond donors (Lipinski definition) is 0. The number of imidazole rings is 1. The van der Waals surface area contributed by atoms with Crippen LogP contribution >= 0.6 is 0 Å². The van der Waals surface area contributed by atoms with Crippen LogP contribution in [0.1, 0.15) is 32.1 Å². The summed E-state index contributed by atoms with van der Waals surface area (Å²) in [4.78, 5) is 25.4. The number of rotatable bonds is 5. The Morgan fingerprint density at radius 1 is 1.29 bits per heavy atom. The molecule has 0 unspecified atom stereocenters. The maximum Gasteiger partial charge on any atom is 0.247 e. The van der Waals surface area contributed by atoms with E-state index in [9.17, 15) is 4.79 Å². The molecule has 1 fully saturated rings. The third-order valence-electron chi connectivity index (χ3n) is 4.60. The molecule has 1 saturated heterocycles. The van der Waals surface area contributed by atoms with Gasteiger partial charge in [-0.25, -0.2) is 14.6 Å². The molecule has 0 aliphatic carbocycles. The van der Waals surface area contributed by atoms with Crippen molar-refractivity contribution in [2.45, 2.75) is 39.4 Å². The van der Waals surface area contributed by atoms with Crippen molar-refractivity contribution in [3.05, 3.63) is 30.9 Å². The standard InChI is InChI=1S/C16H25N7O/c1-3-21-8-5-18-15(21)11-20-6-4-7-22(10-9-20)16(24)14(2)23-13-17-12-19-23/h5,8,12-14H,3-4,6-7,9-11H2,1-2H3/t14-/m1/s1. The molecule has 2 aromatic heterocycles. The van der Waals surface area contributed by atoms with Crippen LogP contribution in [0.4, 0.5) is 0 Å². The molecule has 24 heavy (non-hydrogen) atoms. The van der Waals surface area contributed by atoms with E-state index in [1.807, 2.05) is 24.2 Å². The highest BCUT2D eigenvalue weighted by atomic mass is 16.2. The molecule has 0 aromatic carbocycles. The van der Waals surface area contributed by atoms with Crippen LogP contribution in [0.2, 0.25) is 0 Å². The number of aromatic nitrogens is 5. The average molecular weight is 331 g/mol. The molecule has 130 valence electrons. The predicted octanol–water partition coefficient (Wildman–Crippen LogP) is 0.790. The van der Waals surface area contributed by atoms with Gasteiger partial charge in [-0.3, -0.25) is 9.69 Å². The molecular formula is C16H25N7O. The largest absolute Gasteiger partial charge is 0.340 e. The molecule has 3 heterocycles. The fourth-order valence-electron chi connectivity index (χ4n) is 3.12. The van der Waals surface area contributed by atoms with E-state index < -0.39 is 0 Å². The molecule has 3 rings (SSSR count). The van der Waals surface area contributed by atoms with Gasteiger partial charge in [-0.15, -0.1) is 0 Å². The summed E-state index contributed by atoms with van der Waals surface area (Å²) in [6.45, 7) is 9.15. The summed E-state index contributed by atoms with van der Waals surface area (Å²) in [5, 5.41) is 4.08. The lowest BCUT2D eigenvalue weighted by Crippen LogP contribution is -2.39. The summed E-state index contributed by atoms with van der Waals surface area (Å²) in [5.74, 6) is 1.20. The van der Waals surface area contributed by atoms with Gasteiger partial charge < -0.3 is 9.47 Å². The topological polar surface area (TPSA) is 72.1 Å². The van der Waals surface area contributed by atoms with Gasteiger partial charge in [0.1, 0.15) is 24.5 Å². The minimum Gasteiger partial charge on any atom is -0.340 e. The lowest BCUT2D eigenvalue weighted by Gasteiger charge is -2.24. The van der Waals surface area contributed by atoms with Crippen LogP contribution in [0, 0.1) is 0 Å². The van der Waals surface area contributed by atoms with Crippen molar-refractivity contribution < 1.29 is 4.79 Å². The summed E-state index contributed by atoms with van der Waals surface area (Å²) in [7, 11) is 0. The Morgan fingerprint density at radius 2 is 2.17 bits per heavy atom. The molecule has 8 heteroatoms. The molecular weight excluding hydrogens is 306 g/mol. The number of aryl methyl sites for hydroxylation is 1. The highest BCUT2D eigenvalue weighted by molar-refractivity contribution is 5.80. The molecule has 1 aliphatic heterocycles. The summed E-state index contributed by atoms with van der Waals surface area (Å²) >= 11 is 0. The van der Waals surface area contributed by atoms with Crippen LogP contribution in [-0.4, -0.2) is 66.2 Å². The lowest BCUT2D eigenvalue weighted by atomic mass is 10.2. The molecule has 1 amide bonds. The summed E-state index contributed by atoms with van der Waals surface area (Å²) < 4.78 is 3.78. The highest BCUT2D eigenvalue weighted by Gasteiger charge is 2.25. The molecule has 8 nitrogen and oxygen atoms in total. The van der Waals surface area contributed by atoms with Gasteiger partial charge >= 0.3 is 0 Å². The molecule has 0 spiro atoms. The van der Waals surface area contributed by atoms with Gasteiger partial charge in [0.05, 0.1) is 6.54 Å². The number of hydrogen-bond acceptors (Lipinski definition) is 5. The van der Waals surface area contributed by atoms with Gasteiger partial charge in [-0.05, 0) is 20.3 Å². The van der Waals surface area contributed by atoms with Crippen LogP contribution in [0.25, 0.3) is 0 Å². The molecule has 0 radical (unpaired) electrons. The van der Waals surface area contributed by atoms with E-state index >= 15 is 0 Å². The van der Waals surface area contributed by atoms with Gasteiger partial charge in [-0.1, -0.05) is 0 Å². The first kappa shape index (κ1) is 16.6. The molecule has 2 aromatic rings. The van der Waals surface area contributed by atoms with Crippen molar-refractivity contribution in [3.8, 4) is 0 Å². The Labute approximate surface area is 142 Å². The Balaban J connectivity index is 1.58. The summed E-state index contributed by atoms with van der Waals surface area (Å²) in [5.41, 5.74) is 0. The van der Waals surface area contributed by atoms with Crippen molar-refractivity contribution in [1.29, 1.82) is 0 Å². The first-order chi connectivity index (χ1) is 11.7. The number of nitrogens with zero attached hydrogens (tertiary/aromatic N) is 7. The van der Waals surface area contributed by atoms with Crippen LogP contribution in [0.15, 0.2) is 25.0 Å². The number of carbonyl (C=O) groups is 1. The van der Waals surface area contributed by atoms with Crippen LogP contribution in [0.3, 0.4) is 0 Å². The van der Waals surface area contributed by atoms with E-state index in [2.05, 4.69) is 31.5 Å². The van der Waals surface area contributed by atoms with Crippen LogP contribution < -0.4 is 0 Å². The van der Waals surface area contributed by atoms with Gasteiger partial charge in [0.15, 0.2) is 0 Å². The van der Waals surface area contributed by atoms with Crippen molar-refractivity contribution >= 4 is 5.91 Å². The third-order valence-corrected chi connectivity index (χ3v) is 4.60. The van der Waals surface area contributed by atoms with E-state index in [0.717, 1.165) is 51.5 Å². The number of carbonyl (C=O) groups excluding carboxylic acids is 1.